The molecule has 0 aromatic heterocycles. The lowest BCUT2D eigenvalue weighted by molar-refractivity contribution is 0.477. The van der Waals surface area contributed by atoms with Crippen LogP contribution in [0.2, 0.25) is 0 Å². The van der Waals surface area contributed by atoms with Crippen LogP contribution in [0.15, 0.2) is 28.0 Å². The van der Waals surface area contributed by atoms with E-state index in [0.717, 1.165) is 19.1 Å². The van der Waals surface area contributed by atoms with E-state index >= 15 is 0 Å². The van der Waals surface area contributed by atoms with Crippen LogP contribution in [0.25, 0.3) is 0 Å². The number of rotatable bonds is 4. The predicted octanol–water partition coefficient (Wildman–Crippen LogP) is 0.916. The normalized spacial score (nSPS) is 17.3. The van der Waals surface area contributed by atoms with Crippen LogP contribution < -0.4 is 5.32 Å². The molecule has 0 atom stereocenters. The Bertz CT molecular complexity index is 705. The van der Waals surface area contributed by atoms with Crippen LogP contribution >= 0.6 is 0 Å². The molecular formula is C12H18N2O4S2. The summed E-state index contributed by atoms with van der Waals surface area (Å²) in [6.07, 6.45) is 2.73. The van der Waals surface area contributed by atoms with Gasteiger partial charge in [-0.2, -0.15) is 4.31 Å². The van der Waals surface area contributed by atoms with E-state index in [-0.39, 0.29) is 9.79 Å². The van der Waals surface area contributed by atoms with Gasteiger partial charge in [-0.25, -0.2) is 16.8 Å². The summed E-state index contributed by atoms with van der Waals surface area (Å²) in [6.45, 7) is 0.961. The number of benzene rings is 1. The minimum Gasteiger partial charge on any atom is -0.387 e. The molecule has 1 aliphatic heterocycles. The molecule has 0 unspecified atom stereocenters. The Balaban J connectivity index is 2.59. The molecule has 112 valence electrons. The molecule has 2 rings (SSSR count). The highest BCUT2D eigenvalue weighted by molar-refractivity contribution is 7.91. The van der Waals surface area contributed by atoms with E-state index in [1.165, 1.54) is 22.5 Å². The van der Waals surface area contributed by atoms with Gasteiger partial charge in [0.05, 0.1) is 10.6 Å². The van der Waals surface area contributed by atoms with Crippen molar-refractivity contribution in [2.75, 3.05) is 31.7 Å². The minimum atomic E-state index is -3.66. The molecule has 1 heterocycles. The Morgan fingerprint density at radius 3 is 2.20 bits per heavy atom. The first-order valence-corrected chi connectivity index (χ1v) is 9.62. The first kappa shape index (κ1) is 15.3. The molecule has 0 radical (unpaired) electrons. The Labute approximate surface area is 119 Å². The van der Waals surface area contributed by atoms with Gasteiger partial charge in [0.1, 0.15) is 4.90 Å². The van der Waals surface area contributed by atoms with Crippen molar-refractivity contribution < 1.29 is 16.8 Å². The van der Waals surface area contributed by atoms with E-state index in [1.807, 2.05) is 0 Å². The SMILES string of the molecule is CNc1ccc(S(C)(=O)=O)cc1S(=O)(=O)N1CCCC1. The van der Waals surface area contributed by atoms with Gasteiger partial charge in [0, 0.05) is 26.4 Å². The number of sulfonamides is 1. The van der Waals surface area contributed by atoms with E-state index in [9.17, 15) is 16.8 Å². The van der Waals surface area contributed by atoms with Crippen molar-refractivity contribution in [3.63, 3.8) is 0 Å². The summed E-state index contributed by atoms with van der Waals surface area (Å²) < 4.78 is 49.8. The summed E-state index contributed by atoms with van der Waals surface area (Å²) >= 11 is 0. The van der Waals surface area contributed by atoms with Gasteiger partial charge in [0.25, 0.3) is 0 Å². The van der Waals surface area contributed by atoms with Crippen LogP contribution in [0.4, 0.5) is 5.69 Å². The van der Waals surface area contributed by atoms with Crippen LogP contribution in [-0.2, 0) is 19.9 Å². The highest BCUT2D eigenvalue weighted by atomic mass is 32.2. The fourth-order valence-electron chi connectivity index (χ4n) is 2.22. The number of nitrogens with zero attached hydrogens (tertiary/aromatic N) is 1. The molecule has 1 N–H and O–H groups in total. The molecule has 0 spiro atoms. The van der Waals surface area contributed by atoms with Crippen molar-refractivity contribution in [1.82, 2.24) is 4.31 Å². The Morgan fingerprint density at radius 2 is 1.70 bits per heavy atom. The van der Waals surface area contributed by atoms with Gasteiger partial charge in [-0.05, 0) is 31.0 Å². The number of anilines is 1. The summed E-state index contributed by atoms with van der Waals surface area (Å²) in [4.78, 5) is 0.0269. The van der Waals surface area contributed by atoms with Gasteiger partial charge in [-0.3, -0.25) is 0 Å². The molecule has 20 heavy (non-hydrogen) atoms. The highest BCUT2D eigenvalue weighted by Gasteiger charge is 2.30. The third-order valence-corrected chi connectivity index (χ3v) is 6.38. The summed E-state index contributed by atoms with van der Waals surface area (Å²) in [5.41, 5.74) is 0.407. The van der Waals surface area contributed by atoms with Crippen LogP contribution in [-0.4, -0.2) is 47.5 Å². The maximum atomic E-state index is 12.6. The third-order valence-electron chi connectivity index (χ3n) is 3.33. The van der Waals surface area contributed by atoms with Crippen molar-refractivity contribution in [3.8, 4) is 0 Å². The van der Waals surface area contributed by atoms with Gasteiger partial charge in [-0.1, -0.05) is 0 Å². The summed E-state index contributed by atoms with van der Waals surface area (Å²) in [7, 11) is -5.49. The van der Waals surface area contributed by atoms with E-state index < -0.39 is 19.9 Å². The van der Waals surface area contributed by atoms with E-state index in [0.29, 0.717) is 18.8 Å². The number of hydrogen-bond donors (Lipinski definition) is 1. The van der Waals surface area contributed by atoms with Gasteiger partial charge in [0.15, 0.2) is 9.84 Å². The van der Waals surface area contributed by atoms with Crippen LogP contribution in [0.3, 0.4) is 0 Å². The van der Waals surface area contributed by atoms with Gasteiger partial charge in [-0.15, -0.1) is 0 Å². The second-order valence-electron chi connectivity index (χ2n) is 4.79. The minimum absolute atomic E-state index is 0.00859. The molecule has 0 amide bonds. The highest BCUT2D eigenvalue weighted by Crippen LogP contribution is 2.29. The zero-order chi connectivity index (χ0) is 15.0. The molecule has 0 saturated carbocycles. The molecule has 1 aliphatic rings. The third kappa shape index (κ3) is 2.82. The second-order valence-corrected chi connectivity index (χ2v) is 8.71. The lowest BCUT2D eigenvalue weighted by atomic mass is 10.3. The first-order chi connectivity index (χ1) is 9.26. The smallest absolute Gasteiger partial charge is 0.245 e. The van der Waals surface area contributed by atoms with Crippen LogP contribution in [0.5, 0.6) is 0 Å². The number of nitrogens with one attached hydrogen (secondary N) is 1. The molecule has 1 aromatic rings. The number of hydrogen-bond acceptors (Lipinski definition) is 5. The van der Waals surface area contributed by atoms with Crippen molar-refractivity contribution in [2.45, 2.75) is 22.6 Å². The molecular weight excluding hydrogens is 300 g/mol. The van der Waals surface area contributed by atoms with Crippen molar-refractivity contribution in [3.05, 3.63) is 18.2 Å². The van der Waals surface area contributed by atoms with Gasteiger partial charge in [0.2, 0.25) is 10.0 Å². The maximum absolute atomic E-state index is 12.6. The van der Waals surface area contributed by atoms with E-state index in [2.05, 4.69) is 5.32 Å². The topological polar surface area (TPSA) is 83.5 Å². The van der Waals surface area contributed by atoms with Crippen molar-refractivity contribution in [2.24, 2.45) is 0 Å². The molecule has 0 aliphatic carbocycles. The molecule has 6 nitrogen and oxygen atoms in total. The maximum Gasteiger partial charge on any atom is 0.245 e. The second kappa shape index (κ2) is 5.34. The molecule has 8 heteroatoms. The lowest BCUT2D eigenvalue weighted by Gasteiger charge is -2.18. The zero-order valence-corrected chi connectivity index (χ0v) is 13.1. The number of sulfone groups is 1. The monoisotopic (exact) mass is 318 g/mol. The Hall–Kier alpha value is -1.12. The summed E-state index contributed by atoms with van der Waals surface area (Å²) in [5, 5.41) is 2.80. The fourth-order valence-corrected chi connectivity index (χ4v) is 4.68. The molecule has 1 fully saturated rings. The Morgan fingerprint density at radius 1 is 1.10 bits per heavy atom. The van der Waals surface area contributed by atoms with Crippen molar-refractivity contribution in [1.29, 1.82) is 0 Å². The van der Waals surface area contributed by atoms with Crippen LogP contribution in [0.1, 0.15) is 12.8 Å². The van der Waals surface area contributed by atoms with Gasteiger partial charge >= 0.3 is 0 Å². The van der Waals surface area contributed by atoms with Gasteiger partial charge < -0.3 is 5.32 Å². The lowest BCUT2D eigenvalue weighted by Crippen LogP contribution is -2.28. The van der Waals surface area contributed by atoms with Crippen LogP contribution in [0, 0.1) is 0 Å². The average Bonchev–Trinajstić information content (AvgIpc) is 2.91. The molecule has 0 bridgehead atoms. The molecule has 1 aromatic carbocycles. The largest absolute Gasteiger partial charge is 0.387 e. The summed E-state index contributed by atoms with van der Waals surface area (Å²) in [5.74, 6) is 0. The standard InChI is InChI=1S/C12H18N2O4S2/c1-13-11-6-5-10(19(2,15)16)9-12(11)20(17,18)14-7-3-4-8-14/h5-6,9,13H,3-4,7-8H2,1-2H3. The zero-order valence-electron chi connectivity index (χ0n) is 11.5. The quantitative estimate of drug-likeness (QED) is 0.892. The van der Waals surface area contributed by atoms with E-state index in [4.69, 9.17) is 0 Å². The summed E-state index contributed by atoms with van der Waals surface area (Å²) in [6, 6.07) is 4.12. The predicted molar refractivity (Wildman–Crippen MR) is 77.1 cm³/mol. The van der Waals surface area contributed by atoms with E-state index in [1.54, 1.807) is 7.05 Å². The fraction of sp³-hybridized carbons (Fsp3) is 0.500. The Kier molecular flexibility index (Phi) is 4.08. The van der Waals surface area contributed by atoms with Crippen molar-refractivity contribution >= 4 is 25.5 Å². The first-order valence-electron chi connectivity index (χ1n) is 6.29. The average molecular weight is 318 g/mol. The molecule has 1 saturated heterocycles.